The summed E-state index contributed by atoms with van der Waals surface area (Å²) >= 11 is 0. The van der Waals surface area contributed by atoms with Crippen LogP contribution in [-0.2, 0) is 0 Å². The third-order valence-electron chi connectivity index (χ3n) is 2.20. The van der Waals surface area contributed by atoms with Crippen molar-refractivity contribution in [1.29, 1.82) is 5.41 Å². The summed E-state index contributed by atoms with van der Waals surface area (Å²) in [6.07, 6.45) is 0.939. The van der Waals surface area contributed by atoms with Crippen molar-refractivity contribution in [3.63, 3.8) is 0 Å². The first-order chi connectivity index (χ1) is 7.11. The molecule has 1 heterocycles. The van der Waals surface area contributed by atoms with E-state index in [1.807, 2.05) is 6.92 Å². The van der Waals surface area contributed by atoms with Crippen molar-refractivity contribution in [2.75, 3.05) is 12.3 Å². The number of hydrogen-bond acceptors (Lipinski definition) is 5. The molecule has 15 heavy (non-hydrogen) atoms. The number of aliphatic hydroxyl groups is 2. The zero-order chi connectivity index (χ0) is 11.4. The normalized spacial score (nSPS) is 12.5. The maximum absolute atomic E-state index is 9.55. The molecule has 1 aromatic heterocycles. The summed E-state index contributed by atoms with van der Waals surface area (Å²) in [5, 5.41) is 26.1. The number of nitrogens with zero attached hydrogens (tertiary/aromatic N) is 1. The lowest BCUT2D eigenvalue weighted by Crippen LogP contribution is -2.13. The van der Waals surface area contributed by atoms with Gasteiger partial charge >= 0.3 is 0 Å². The lowest BCUT2D eigenvalue weighted by molar-refractivity contribution is 0.0954. The monoisotopic (exact) mass is 209 g/mol. The zero-order valence-corrected chi connectivity index (χ0v) is 8.57. The second-order valence-electron chi connectivity index (χ2n) is 3.19. The Balaban J connectivity index is 3.26. The Morgan fingerprint density at radius 2 is 2.33 bits per heavy atom. The average molecular weight is 209 g/mol. The van der Waals surface area contributed by atoms with Crippen molar-refractivity contribution < 1.29 is 10.2 Å². The van der Waals surface area contributed by atoms with Crippen molar-refractivity contribution in [3.8, 4) is 0 Å². The maximum Gasteiger partial charge on any atom is 0.132 e. The van der Waals surface area contributed by atoms with Gasteiger partial charge in [0.2, 0.25) is 0 Å². The minimum Gasteiger partial charge on any atom is -0.393 e. The maximum atomic E-state index is 9.55. The molecule has 1 atom stereocenters. The molecule has 5 heteroatoms. The van der Waals surface area contributed by atoms with Crippen molar-refractivity contribution in [3.05, 3.63) is 23.4 Å². The molecule has 5 nitrogen and oxygen atoms in total. The van der Waals surface area contributed by atoms with Gasteiger partial charge in [0.05, 0.1) is 6.61 Å². The highest BCUT2D eigenvalue weighted by Crippen LogP contribution is 2.22. The predicted octanol–water partition coefficient (Wildman–Crippen LogP) is 0.467. The minimum absolute atomic E-state index is 0.215. The van der Waals surface area contributed by atoms with Crippen LogP contribution in [0.4, 0.5) is 5.82 Å². The molecule has 0 spiro atoms. The van der Waals surface area contributed by atoms with Gasteiger partial charge in [-0.2, -0.15) is 0 Å². The van der Waals surface area contributed by atoms with E-state index >= 15 is 0 Å². The van der Waals surface area contributed by atoms with Crippen LogP contribution in [0.1, 0.15) is 30.6 Å². The van der Waals surface area contributed by atoms with Gasteiger partial charge in [-0.15, -0.1) is 0 Å². The number of rotatable bonds is 4. The van der Waals surface area contributed by atoms with Gasteiger partial charge in [-0.1, -0.05) is 6.92 Å². The highest BCUT2D eigenvalue weighted by atomic mass is 16.3. The Kier molecular flexibility index (Phi) is 3.76. The molecular weight excluding hydrogens is 194 g/mol. The average Bonchev–Trinajstić information content (AvgIpc) is 2.26. The summed E-state index contributed by atoms with van der Waals surface area (Å²) in [5.41, 5.74) is 6.84. The number of aromatic nitrogens is 1. The zero-order valence-electron chi connectivity index (χ0n) is 8.57. The van der Waals surface area contributed by atoms with Gasteiger partial charge in [0.25, 0.3) is 0 Å². The first-order valence-corrected chi connectivity index (χ1v) is 4.72. The van der Waals surface area contributed by atoms with E-state index in [-0.39, 0.29) is 5.82 Å². The van der Waals surface area contributed by atoms with Gasteiger partial charge in [-0.25, -0.2) is 4.98 Å². The Labute approximate surface area is 88.1 Å². The van der Waals surface area contributed by atoms with E-state index in [9.17, 15) is 5.11 Å². The Hall–Kier alpha value is -1.46. The SMILES string of the molecule is CCC(=N)c1c(C(O)CO)ccnc1N. The van der Waals surface area contributed by atoms with Crippen LogP contribution >= 0.6 is 0 Å². The minimum atomic E-state index is -1.02. The molecule has 1 rings (SSSR count). The van der Waals surface area contributed by atoms with Crippen LogP contribution in [0.2, 0.25) is 0 Å². The summed E-state index contributed by atoms with van der Waals surface area (Å²) in [6.45, 7) is 1.43. The van der Waals surface area contributed by atoms with Crippen molar-refractivity contribution in [2.24, 2.45) is 0 Å². The van der Waals surface area contributed by atoms with Crippen molar-refractivity contribution in [2.45, 2.75) is 19.4 Å². The standard InChI is InChI=1S/C10H15N3O2/c1-2-7(11)9-6(8(15)5-14)3-4-13-10(9)12/h3-4,8,11,14-15H,2,5H2,1H3,(H2,12,13). The second-order valence-corrected chi connectivity index (χ2v) is 3.19. The second kappa shape index (κ2) is 4.86. The fourth-order valence-corrected chi connectivity index (χ4v) is 1.38. The third kappa shape index (κ3) is 2.31. The van der Waals surface area contributed by atoms with Gasteiger partial charge < -0.3 is 21.4 Å². The number of hydrogen-bond donors (Lipinski definition) is 4. The first-order valence-electron chi connectivity index (χ1n) is 4.72. The molecule has 1 unspecified atom stereocenters. The molecule has 0 aromatic carbocycles. The number of aliphatic hydroxyl groups excluding tert-OH is 2. The quantitative estimate of drug-likeness (QED) is 0.541. The van der Waals surface area contributed by atoms with E-state index in [1.54, 1.807) is 6.07 Å². The smallest absolute Gasteiger partial charge is 0.132 e. The van der Waals surface area contributed by atoms with Crippen molar-refractivity contribution in [1.82, 2.24) is 4.98 Å². The molecule has 0 fully saturated rings. The Morgan fingerprint density at radius 1 is 1.67 bits per heavy atom. The molecule has 5 N–H and O–H groups in total. The fourth-order valence-electron chi connectivity index (χ4n) is 1.38. The van der Waals surface area contributed by atoms with E-state index < -0.39 is 12.7 Å². The summed E-state index contributed by atoms with van der Waals surface area (Å²) in [7, 11) is 0. The number of anilines is 1. The van der Waals surface area contributed by atoms with E-state index in [0.29, 0.717) is 23.3 Å². The summed E-state index contributed by atoms with van der Waals surface area (Å²) < 4.78 is 0. The fraction of sp³-hybridized carbons (Fsp3) is 0.400. The largest absolute Gasteiger partial charge is 0.393 e. The number of nitrogens with two attached hydrogens (primary N) is 1. The first kappa shape index (κ1) is 11.6. The van der Waals surface area contributed by atoms with E-state index in [0.717, 1.165) is 0 Å². The number of nitrogen functional groups attached to an aromatic ring is 1. The van der Waals surface area contributed by atoms with Crippen LogP contribution in [0.5, 0.6) is 0 Å². The molecule has 0 saturated carbocycles. The van der Waals surface area contributed by atoms with Crippen LogP contribution < -0.4 is 5.73 Å². The highest BCUT2D eigenvalue weighted by molar-refractivity contribution is 6.03. The molecule has 82 valence electrons. The molecule has 0 saturated heterocycles. The Bertz CT molecular complexity index is 366. The lowest BCUT2D eigenvalue weighted by Gasteiger charge is -2.14. The summed E-state index contributed by atoms with van der Waals surface area (Å²) in [6, 6.07) is 1.57. The van der Waals surface area contributed by atoms with E-state index in [4.69, 9.17) is 16.2 Å². The van der Waals surface area contributed by atoms with Gasteiger partial charge in [0.15, 0.2) is 0 Å². The van der Waals surface area contributed by atoms with E-state index in [2.05, 4.69) is 4.98 Å². The predicted molar refractivity (Wildman–Crippen MR) is 57.8 cm³/mol. The van der Waals surface area contributed by atoms with Crippen LogP contribution in [0, 0.1) is 5.41 Å². The molecule has 0 radical (unpaired) electrons. The Morgan fingerprint density at radius 3 is 2.87 bits per heavy atom. The topological polar surface area (TPSA) is 103 Å². The van der Waals surface area contributed by atoms with Gasteiger partial charge in [-0.05, 0) is 18.1 Å². The van der Waals surface area contributed by atoms with Gasteiger partial charge in [0, 0.05) is 17.5 Å². The molecule has 0 amide bonds. The number of nitrogens with one attached hydrogen (secondary N) is 1. The van der Waals surface area contributed by atoms with Gasteiger partial charge in [0.1, 0.15) is 11.9 Å². The molecule has 1 aromatic rings. The molecular formula is C10H15N3O2. The van der Waals surface area contributed by atoms with Crippen LogP contribution in [0.15, 0.2) is 12.3 Å². The third-order valence-corrected chi connectivity index (χ3v) is 2.20. The van der Waals surface area contributed by atoms with E-state index in [1.165, 1.54) is 6.20 Å². The van der Waals surface area contributed by atoms with Gasteiger partial charge in [-0.3, -0.25) is 0 Å². The lowest BCUT2D eigenvalue weighted by atomic mass is 9.99. The summed E-state index contributed by atoms with van der Waals surface area (Å²) in [5.74, 6) is 0.215. The molecule has 0 aliphatic carbocycles. The van der Waals surface area contributed by atoms with Crippen LogP contribution in [0.25, 0.3) is 0 Å². The molecule has 0 aliphatic rings. The number of pyridine rings is 1. The van der Waals surface area contributed by atoms with Crippen molar-refractivity contribution >= 4 is 11.5 Å². The van der Waals surface area contributed by atoms with Crippen LogP contribution in [0.3, 0.4) is 0 Å². The summed E-state index contributed by atoms with van der Waals surface area (Å²) in [4.78, 5) is 3.87. The molecule has 0 aliphatic heterocycles. The molecule has 0 bridgehead atoms. The van der Waals surface area contributed by atoms with Crippen LogP contribution in [-0.4, -0.2) is 27.5 Å². The highest BCUT2D eigenvalue weighted by Gasteiger charge is 2.16.